The Labute approximate surface area is 145 Å². The minimum Gasteiger partial charge on any atom is -0.489 e. The van der Waals surface area contributed by atoms with Gasteiger partial charge in [0.05, 0.1) is 16.7 Å². The van der Waals surface area contributed by atoms with Crippen LogP contribution in [0.25, 0.3) is 0 Å². The highest BCUT2D eigenvalue weighted by Gasteiger charge is 2.22. The number of halogens is 2. The number of hydrogen-bond donors (Lipinski definition) is 2. The second-order valence-corrected chi connectivity index (χ2v) is 6.72. The molecule has 2 unspecified atom stereocenters. The van der Waals surface area contributed by atoms with Gasteiger partial charge >= 0.3 is 0 Å². The van der Waals surface area contributed by atoms with Gasteiger partial charge in [0.25, 0.3) is 0 Å². The number of rotatable bonds is 1. The minimum absolute atomic E-state index is 0.00306. The molecule has 5 nitrogen and oxygen atoms in total. The number of fused-ring (bicyclic) bond motifs is 1. The van der Waals surface area contributed by atoms with E-state index >= 15 is 0 Å². The number of nitrogens with zero attached hydrogens (tertiary/aromatic N) is 1. The number of ether oxygens (including phenoxy) is 1. The number of carbonyl (C=O) groups excluding carboxylic acids is 1. The molecule has 118 valence electrons. The number of hydrogen-bond acceptors (Lipinski definition) is 5. The second kappa shape index (κ2) is 7.89. The van der Waals surface area contributed by atoms with Crippen molar-refractivity contribution in [2.24, 2.45) is 0 Å². The van der Waals surface area contributed by atoms with E-state index in [9.17, 15) is 9.90 Å². The van der Waals surface area contributed by atoms with Gasteiger partial charge in [-0.3, -0.25) is 9.78 Å². The van der Waals surface area contributed by atoms with Gasteiger partial charge in [0.1, 0.15) is 18.5 Å². The molecule has 0 saturated carbocycles. The second-order valence-electron chi connectivity index (χ2n) is 4.74. The first-order valence-electron chi connectivity index (χ1n) is 6.71. The van der Waals surface area contributed by atoms with E-state index in [-0.39, 0.29) is 10.6 Å². The van der Waals surface area contributed by atoms with E-state index < -0.39 is 6.10 Å². The minimum atomic E-state index is -0.590. The van der Waals surface area contributed by atoms with Crippen LogP contribution in [0.5, 0.6) is 5.75 Å². The first-order valence-corrected chi connectivity index (χ1v) is 8.42. The highest BCUT2D eigenvalue weighted by atomic mass is 79.9. The number of ketones is 1. The Morgan fingerprint density at radius 1 is 1.55 bits per heavy atom. The molecule has 1 aromatic rings. The molecular formula is C15H16Br2N2O3. The highest BCUT2D eigenvalue weighted by Crippen LogP contribution is 2.27. The summed E-state index contributed by atoms with van der Waals surface area (Å²) in [5.41, 5.74) is 1.61. The molecular weight excluding hydrogens is 416 g/mol. The standard InChI is InChI=1S/C8H8Br2O2.C7H8N2O/c1-4(11)5-2-6(9)8(12)7(10)3-5;1-2-8-5-6-7(1)10-4-3-9-6/h2-3,6,8,12H,1H3;1-2,5,9H,3-4H2. The normalized spacial score (nSPS) is 22.7. The van der Waals surface area contributed by atoms with E-state index in [0.717, 1.165) is 24.6 Å². The number of nitrogens with one attached hydrogen (secondary N) is 1. The lowest BCUT2D eigenvalue weighted by Gasteiger charge is -2.19. The van der Waals surface area contributed by atoms with Crippen molar-refractivity contribution in [1.82, 2.24) is 4.98 Å². The van der Waals surface area contributed by atoms with Crippen molar-refractivity contribution in [3.8, 4) is 5.75 Å². The maximum Gasteiger partial charge on any atom is 0.159 e. The summed E-state index contributed by atoms with van der Waals surface area (Å²) >= 11 is 6.44. The Hall–Kier alpha value is -1.18. The molecule has 0 spiro atoms. The number of pyridine rings is 1. The van der Waals surface area contributed by atoms with Crippen molar-refractivity contribution < 1.29 is 14.6 Å². The van der Waals surface area contributed by atoms with Crippen LogP contribution in [0, 0.1) is 0 Å². The summed E-state index contributed by atoms with van der Waals surface area (Å²) in [5, 5.41) is 12.6. The quantitative estimate of drug-likeness (QED) is 0.669. The summed E-state index contributed by atoms with van der Waals surface area (Å²) in [6, 6.07) is 1.86. The van der Waals surface area contributed by atoms with Crippen LogP contribution < -0.4 is 10.1 Å². The summed E-state index contributed by atoms with van der Waals surface area (Å²) in [5.74, 6) is 0.907. The monoisotopic (exact) mass is 430 g/mol. The Morgan fingerprint density at radius 2 is 2.32 bits per heavy atom. The number of aliphatic hydroxyl groups excluding tert-OH is 1. The molecule has 3 rings (SSSR count). The van der Waals surface area contributed by atoms with E-state index in [1.807, 2.05) is 6.07 Å². The molecule has 1 aliphatic carbocycles. The van der Waals surface area contributed by atoms with Gasteiger partial charge in [0.15, 0.2) is 5.78 Å². The topological polar surface area (TPSA) is 71.5 Å². The number of aliphatic hydroxyl groups is 1. The average Bonchev–Trinajstić information content (AvgIpc) is 2.53. The summed E-state index contributed by atoms with van der Waals surface area (Å²) in [7, 11) is 0. The van der Waals surface area contributed by atoms with Gasteiger partial charge in [0, 0.05) is 28.9 Å². The Bertz CT molecular complexity index is 592. The maximum absolute atomic E-state index is 11.0. The van der Waals surface area contributed by atoms with Gasteiger partial charge in [0.2, 0.25) is 0 Å². The lowest BCUT2D eigenvalue weighted by Crippen LogP contribution is -2.23. The molecule has 2 heterocycles. The molecule has 0 saturated heterocycles. The van der Waals surface area contributed by atoms with Gasteiger partial charge in [-0.05, 0) is 13.0 Å². The van der Waals surface area contributed by atoms with Crippen LogP contribution in [0.1, 0.15) is 6.92 Å². The molecule has 2 aliphatic rings. The van der Waals surface area contributed by atoms with Gasteiger partial charge in [-0.15, -0.1) is 0 Å². The molecule has 2 atom stereocenters. The number of alkyl halides is 1. The Kier molecular flexibility index (Phi) is 6.16. The Balaban J connectivity index is 0.000000162. The Morgan fingerprint density at radius 3 is 2.95 bits per heavy atom. The third-order valence-corrected chi connectivity index (χ3v) is 4.54. The van der Waals surface area contributed by atoms with Gasteiger partial charge in [-0.2, -0.15) is 0 Å². The number of anilines is 1. The molecule has 22 heavy (non-hydrogen) atoms. The molecule has 0 amide bonds. The summed E-state index contributed by atoms with van der Waals surface area (Å²) in [4.78, 5) is 14.7. The zero-order valence-corrected chi connectivity index (χ0v) is 15.1. The van der Waals surface area contributed by atoms with E-state index in [1.165, 1.54) is 6.92 Å². The van der Waals surface area contributed by atoms with Crippen LogP contribution in [0.3, 0.4) is 0 Å². The third-order valence-electron chi connectivity index (χ3n) is 3.08. The molecule has 1 aromatic heterocycles. The fourth-order valence-electron chi connectivity index (χ4n) is 1.90. The molecule has 0 fully saturated rings. The fourth-order valence-corrected chi connectivity index (χ4v) is 3.36. The van der Waals surface area contributed by atoms with Crippen molar-refractivity contribution in [3.63, 3.8) is 0 Å². The average molecular weight is 432 g/mol. The van der Waals surface area contributed by atoms with Crippen LogP contribution in [0.15, 0.2) is 40.7 Å². The fraction of sp³-hybridized carbons (Fsp3) is 0.333. The van der Waals surface area contributed by atoms with Crippen molar-refractivity contribution in [3.05, 3.63) is 40.7 Å². The first-order chi connectivity index (χ1) is 10.5. The number of carbonyl (C=O) groups is 1. The van der Waals surface area contributed by atoms with Crippen LogP contribution in [0.4, 0.5) is 5.69 Å². The largest absolute Gasteiger partial charge is 0.489 e. The van der Waals surface area contributed by atoms with Gasteiger partial charge in [-0.1, -0.05) is 37.9 Å². The molecule has 2 N–H and O–H groups in total. The van der Waals surface area contributed by atoms with E-state index in [2.05, 4.69) is 42.2 Å². The number of Topliss-reactive ketones (excluding diaryl/α,β-unsaturated/α-hetero) is 1. The van der Waals surface area contributed by atoms with Crippen molar-refractivity contribution in [2.45, 2.75) is 17.9 Å². The summed E-state index contributed by atoms with van der Waals surface area (Å²) in [6.45, 7) is 3.12. The first kappa shape index (κ1) is 17.2. The van der Waals surface area contributed by atoms with E-state index in [4.69, 9.17) is 4.74 Å². The predicted octanol–water partition coefficient (Wildman–Crippen LogP) is 2.80. The van der Waals surface area contributed by atoms with Crippen LogP contribution in [0.2, 0.25) is 0 Å². The highest BCUT2D eigenvalue weighted by molar-refractivity contribution is 9.12. The molecule has 1 aliphatic heterocycles. The predicted molar refractivity (Wildman–Crippen MR) is 92.7 cm³/mol. The SMILES string of the molecule is CC(=O)C1=CC(Br)C(O)C(Br)=C1.c1cc2c(cn1)NCCO2. The maximum atomic E-state index is 11.0. The molecule has 0 radical (unpaired) electrons. The smallest absolute Gasteiger partial charge is 0.159 e. The third kappa shape index (κ3) is 4.41. The van der Waals surface area contributed by atoms with Crippen molar-refractivity contribution in [1.29, 1.82) is 0 Å². The number of allylic oxidation sites excluding steroid dienone is 2. The molecule has 0 aromatic carbocycles. The van der Waals surface area contributed by atoms with Gasteiger partial charge in [-0.25, -0.2) is 0 Å². The zero-order valence-electron chi connectivity index (χ0n) is 11.9. The van der Waals surface area contributed by atoms with E-state index in [0.29, 0.717) is 10.1 Å². The summed E-state index contributed by atoms with van der Waals surface area (Å²) in [6.07, 6.45) is 6.26. The number of aromatic nitrogens is 1. The van der Waals surface area contributed by atoms with Crippen molar-refractivity contribution in [2.75, 3.05) is 18.5 Å². The van der Waals surface area contributed by atoms with Crippen LogP contribution >= 0.6 is 31.9 Å². The summed E-state index contributed by atoms with van der Waals surface area (Å²) < 4.78 is 5.96. The zero-order chi connectivity index (χ0) is 16.1. The van der Waals surface area contributed by atoms with E-state index in [1.54, 1.807) is 24.5 Å². The molecule has 0 bridgehead atoms. The van der Waals surface area contributed by atoms with Crippen molar-refractivity contribution >= 4 is 43.3 Å². The molecule has 7 heteroatoms. The van der Waals surface area contributed by atoms with Crippen LogP contribution in [-0.2, 0) is 4.79 Å². The van der Waals surface area contributed by atoms with Gasteiger partial charge < -0.3 is 15.2 Å². The lowest BCUT2D eigenvalue weighted by atomic mass is 10.0. The lowest BCUT2D eigenvalue weighted by molar-refractivity contribution is -0.113. The van der Waals surface area contributed by atoms with Crippen LogP contribution in [-0.4, -0.2) is 40.0 Å².